The Morgan fingerprint density at radius 1 is 1.36 bits per heavy atom. The van der Waals surface area contributed by atoms with Gasteiger partial charge in [0.1, 0.15) is 0 Å². The smallest absolute Gasteiger partial charge is 0.211 e. The SMILES string of the molecule is COC(CS(N)(=O)=O)C1CCCCC1. The summed E-state index contributed by atoms with van der Waals surface area (Å²) in [4.78, 5) is 0. The number of rotatable bonds is 4. The minimum absolute atomic E-state index is 0.0475. The van der Waals surface area contributed by atoms with Gasteiger partial charge in [0.15, 0.2) is 0 Å². The average molecular weight is 221 g/mol. The Bertz CT molecular complexity index is 257. The molecular weight excluding hydrogens is 202 g/mol. The van der Waals surface area contributed by atoms with Crippen molar-refractivity contribution in [3.63, 3.8) is 0 Å². The highest BCUT2D eigenvalue weighted by molar-refractivity contribution is 7.89. The Balaban J connectivity index is 2.52. The van der Waals surface area contributed by atoms with Crippen molar-refractivity contribution < 1.29 is 13.2 Å². The van der Waals surface area contributed by atoms with Crippen LogP contribution in [0, 0.1) is 5.92 Å². The number of sulfonamides is 1. The number of ether oxygens (including phenoxy) is 1. The molecule has 1 aliphatic carbocycles. The summed E-state index contributed by atoms with van der Waals surface area (Å²) in [5, 5.41) is 5.01. The van der Waals surface area contributed by atoms with Gasteiger partial charge in [-0.25, -0.2) is 13.6 Å². The summed E-state index contributed by atoms with van der Waals surface area (Å²) in [5.74, 6) is 0.320. The Morgan fingerprint density at radius 3 is 2.36 bits per heavy atom. The highest BCUT2D eigenvalue weighted by atomic mass is 32.2. The van der Waals surface area contributed by atoms with Gasteiger partial charge in [-0.1, -0.05) is 19.3 Å². The maximum atomic E-state index is 10.9. The number of hydrogen-bond acceptors (Lipinski definition) is 3. The van der Waals surface area contributed by atoms with Gasteiger partial charge in [0.25, 0.3) is 0 Å². The molecule has 0 aromatic heterocycles. The summed E-state index contributed by atoms with van der Waals surface area (Å²) in [5.41, 5.74) is 0. The topological polar surface area (TPSA) is 69.4 Å². The van der Waals surface area contributed by atoms with E-state index in [0.717, 1.165) is 12.8 Å². The quantitative estimate of drug-likeness (QED) is 0.765. The van der Waals surface area contributed by atoms with Crippen molar-refractivity contribution >= 4 is 10.0 Å². The molecule has 0 bridgehead atoms. The molecule has 4 nitrogen and oxygen atoms in total. The molecule has 0 radical (unpaired) electrons. The second kappa shape index (κ2) is 5.09. The van der Waals surface area contributed by atoms with Crippen molar-refractivity contribution in [1.29, 1.82) is 0 Å². The molecule has 1 saturated carbocycles. The Morgan fingerprint density at radius 2 is 1.93 bits per heavy atom. The molecule has 0 aromatic carbocycles. The van der Waals surface area contributed by atoms with Gasteiger partial charge < -0.3 is 4.74 Å². The van der Waals surface area contributed by atoms with Gasteiger partial charge in [-0.05, 0) is 18.8 Å². The zero-order chi connectivity index (χ0) is 10.6. The molecule has 1 fully saturated rings. The van der Waals surface area contributed by atoms with Crippen molar-refractivity contribution in [3.8, 4) is 0 Å². The molecule has 5 heteroatoms. The Kier molecular flexibility index (Phi) is 4.34. The van der Waals surface area contributed by atoms with Crippen LogP contribution in [0.5, 0.6) is 0 Å². The fourth-order valence-corrected chi connectivity index (χ4v) is 3.00. The third kappa shape index (κ3) is 3.94. The first kappa shape index (κ1) is 11.9. The van der Waals surface area contributed by atoms with Crippen LogP contribution in [0.1, 0.15) is 32.1 Å². The second-order valence-electron chi connectivity index (χ2n) is 4.00. The van der Waals surface area contributed by atoms with E-state index in [2.05, 4.69) is 0 Å². The molecule has 1 aliphatic rings. The van der Waals surface area contributed by atoms with E-state index in [9.17, 15) is 8.42 Å². The molecule has 0 aliphatic heterocycles. The van der Waals surface area contributed by atoms with E-state index < -0.39 is 10.0 Å². The largest absolute Gasteiger partial charge is 0.380 e. The van der Waals surface area contributed by atoms with Gasteiger partial charge in [0, 0.05) is 7.11 Å². The zero-order valence-corrected chi connectivity index (χ0v) is 9.42. The molecule has 0 spiro atoms. The van der Waals surface area contributed by atoms with Crippen LogP contribution < -0.4 is 5.14 Å². The van der Waals surface area contributed by atoms with Gasteiger partial charge in [-0.15, -0.1) is 0 Å². The Labute approximate surface area is 85.9 Å². The number of nitrogens with two attached hydrogens (primary N) is 1. The van der Waals surface area contributed by atoms with Gasteiger partial charge in [0.05, 0.1) is 11.9 Å². The standard InChI is InChI=1S/C9H19NO3S/c1-13-9(7-14(10,11)12)8-5-3-2-4-6-8/h8-9H,2-7H2,1H3,(H2,10,11,12). The normalized spacial score (nSPS) is 22.1. The third-order valence-corrected chi connectivity index (χ3v) is 3.67. The average Bonchev–Trinajstić information content (AvgIpc) is 2.14. The highest BCUT2D eigenvalue weighted by Gasteiger charge is 2.26. The van der Waals surface area contributed by atoms with Crippen molar-refractivity contribution in [2.45, 2.75) is 38.2 Å². The van der Waals surface area contributed by atoms with Crippen LogP contribution in [0.4, 0.5) is 0 Å². The van der Waals surface area contributed by atoms with Gasteiger partial charge >= 0.3 is 0 Å². The summed E-state index contributed by atoms with van der Waals surface area (Å²) < 4.78 is 27.1. The van der Waals surface area contributed by atoms with Crippen LogP contribution in [-0.2, 0) is 14.8 Å². The fourth-order valence-electron chi connectivity index (χ4n) is 2.13. The van der Waals surface area contributed by atoms with Crippen LogP contribution in [0.15, 0.2) is 0 Å². The monoisotopic (exact) mass is 221 g/mol. The summed E-state index contributed by atoms with van der Waals surface area (Å²) in [7, 11) is -1.85. The number of hydrogen-bond donors (Lipinski definition) is 1. The van der Waals surface area contributed by atoms with Gasteiger partial charge in [0.2, 0.25) is 10.0 Å². The summed E-state index contributed by atoms with van der Waals surface area (Å²) in [6, 6.07) is 0. The summed E-state index contributed by atoms with van der Waals surface area (Å²) in [6.07, 6.45) is 5.51. The fraction of sp³-hybridized carbons (Fsp3) is 1.00. The first-order valence-electron chi connectivity index (χ1n) is 5.06. The first-order chi connectivity index (χ1) is 6.53. The first-order valence-corrected chi connectivity index (χ1v) is 6.78. The third-order valence-electron chi connectivity index (χ3n) is 2.87. The van der Waals surface area contributed by atoms with E-state index in [4.69, 9.17) is 9.88 Å². The lowest BCUT2D eigenvalue weighted by Gasteiger charge is -2.28. The van der Waals surface area contributed by atoms with Crippen LogP contribution in [0.3, 0.4) is 0 Å². The zero-order valence-electron chi connectivity index (χ0n) is 8.61. The molecule has 84 valence electrons. The van der Waals surface area contributed by atoms with Crippen molar-refractivity contribution in [2.75, 3.05) is 12.9 Å². The van der Waals surface area contributed by atoms with E-state index in [1.807, 2.05) is 0 Å². The second-order valence-corrected chi connectivity index (χ2v) is 5.66. The van der Waals surface area contributed by atoms with Crippen LogP contribution in [-0.4, -0.2) is 27.4 Å². The summed E-state index contributed by atoms with van der Waals surface area (Å²) >= 11 is 0. The number of methoxy groups -OCH3 is 1. The number of primary sulfonamides is 1. The van der Waals surface area contributed by atoms with Crippen molar-refractivity contribution in [2.24, 2.45) is 11.1 Å². The molecule has 0 saturated heterocycles. The highest BCUT2D eigenvalue weighted by Crippen LogP contribution is 2.28. The molecule has 0 aromatic rings. The predicted molar refractivity (Wildman–Crippen MR) is 55.3 cm³/mol. The molecule has 1 atom stereocenters. The lowest BCUT2D eigenvalue weighted by atomic mass is 9.86. The lowest BCUT2D eigenvalue weighted by Crippen LogP contribution is -2.34. The van der Waals surface area contributed by atoms with E-state index in [-0.39, 0.29) is 11.9 Å². The van der Waals surface area contributed by atoms with Crippen LogP contribution in [0.25, 0.3) is 0 Å². The molecule has 2 N–H and O–H groups in total. The van der Waals surface area contributed by atoms with Crippen molar-refractivity contribution in [3.05, 3.63) is 0 Å². The molecule has 1 unspecified atom stereocenters. The van der Waals surface area contributed by atoms with E-state index in [1.165, 1.54) is 19.3 Å². The minimum Gasteiger partial charge on any atom is -0.380 e. The lowest BCUT2D eigenvalue weighted by molar-refractivity contribution is 0.0530. The van der Waals surface area contributed by atoms with Crippen molar-refractivity contribution in [1.82, 2.24) is 0 Å². The van der Waals surface area contributed by atoms with E-state index in [1.54, 1.807) is 7.11 Å². The molecule has 14 heavy (non-hydrogen) atoms. The van der Waals surface area contributed by atoms with Crippen LogP contribution in [0.2, 0.25) is 0 Å². The van der Waals surface area contributed by atoms with E-state index in [0.29, 0.717) is 5.92 Å². The van der Waals surface area contributed by atoms with Gasteiger partial charge in [-0.3, -0.25) is 0 Å². The molecule has 0 amide bonds. The maximum absolute atomic E-state index is 10.9. The molecule has 0 heterocycles. The molecular formula is C9H19NO3S. The Hall–Kier alpha value is -0.130. The van der Waals surface area contributed by atoms with Crippen LogP contribution >= 0.6 is 0 Å². The van der Waals surface area contributed by atoms with Gasteiger partial charge in [-0.2, -0.15) is 0 Å². The molecule has 1 rings (SSSR count). The predicted octanol–water partition coefficient (Wildman–Crippen LogP) is 0.870. The summed E-state index contributed by atoms with van der Waals surface area (Å²) in [6.45, 7) is 0. The van der Waals surface area contributed by atoms with E-state index >= 15 is 0 Å². The maximum Gasteiger partial charge on any atom is 0.211 e. The minimum atomic E-state index is -3.41.